The predicted octanol–water partition coefficient (Wildman–Crippen LogP) is 6.66. The van der Waals surface area contributed by atoms with Crippen molar-refractivity contribution in [1.29, 1.82) is 0 Å². The normalized spacial score (nSPS) is 14.4. The molecular weight excluding hydrogens is 509 g/mol. The van der Waals surface area contributed by atoms with Gasteiger partial charge in [0.15, 0.2) is 0 Å². The Hall–Kier alpha value is -2.60. The molecule has 0 aliphatic carbocycles. The average molecular weight is 537 g/mol. The third kappa shape index (κ3) is 5.41. The SMILES string of the molecule is CC/C(=C(/c1ccc(I)cc1)c1ccc(OCCN2CCCC2=O)cc1)c1ccccc1. The number of likely N-dealkylation sites (tertiary alicyclic amines) is 1. The van der Waals surface area contributed by atoms with E-state index in [0.29, 0.717) is 19.6 Å². The molecule has 0 radical (unpaired) electrons. The van der Waals surface area contributed by atoms with Crippen molar-refractivity contribution < 1.29 is 9.53 Å². The van der Waals surface area contributed by atoms with Crippen LogP contribution in [0.4, 0.5) is 0 Å². The van der Waals surface area contributed by atoms with Crippen molar-refractivity contribution in [2.45, 2.75) is 26.2 Å². The van der Waals surface area contributed by atoms with Crippen LogP contribution in [0.1, 0.15) is 42.9 Å². The van der Waals surface area contributed by atoms with Crippen LogP contribution in [-0.2, 0) is 4.79 Å². The van der Waals surface area contributed by atoms with Gasteiger partial charge in [0.1, 0.15) is 12.4 Å². The Morgan fingerprint density at radius 1 is 0.906 bits per heavy atom. The van der Waals surface area contributed by atoms with Gasteiger partial charge in [-0.15, -0.1) is 0 Å². The van der Waals surface area contributed by atoms with Crippen LogP contribution in [0.25, 0.3) is 11.1 Å². The first-order valence-electron chi connectivity index (χ1n) is 11.2. The smallest absolute Gasteiger partial charge is 0.222 e. The fourth-order valence-electron chi connectivity index (χ4n) is 4.23. The molecule has 0 N–H and O–H groups in total. The zero-order chi connectivity index (χ0) is 22.3. The molecule has 0 spiro atoms. The van der Waals surface area contributed by atoms with Crippen LogP contribution in [0.3, 0.4) is 0 Å². The number of nitrogens with zero attached hydrogens (tertiary/aromatic N) is 1. The summed E-state index contributed by atoms with van der Waals surface area (Å²) in [5.74, 6) is 1.07. The fraction of sp³-hybridized carbons (Fsp3) is 0.250. The van der Waals surface area contributed by atoms with E-state index < -0.39 is 0 Å². The number of benzene rings is 3. The largest absolute Gasteiger partial charge is 0.492 e. The molecule has 3 aromatic rings. The molecule has 4 rings (SSSR count). The summed E-state index contributed by atoms with van der Waals surface area (Å²) < 4.78 is 7.16. The molecule has 3 aromatic carbocycles. The van der Waals surface area contributed by atoms with Crippen LogP contribution in [0, 0.1) is 3.57 Å². The van der Waals surface area contributed by atoms with Gasteiger partial charge in [0, 0.05) is 16.5 Å². The highest BCUT2D eigenvalue weighted by molar-refractivity contribution is 14.1. The minimum Gasteiger partial charge on any atom is -0.492 e. The third-order valence-electron chi connectivity index (χ3n) is 5.85. The summed E-state index contributed by atoms with van der Waals surface area (Å²) in [4.78, 5) is 13.7. The van der Waals surface area contributed by atoms with Crippen molar-refractivity contribution in [2.24, 2.45) is 0 Å². The minimum absolute atomic E-state index is 0.240. The Morgan fingerprint density at radius 3 is 2.16 bits per heavy atom. The molecule has 1 aliphatic heterocycles. The molecule has 1 aliphatic rings. The molecule has 1 fully saturated rings. The van der Waals surface area contributed by atoms with Crippen molar-refractivity contribution >= 4 is 39.6 Å². The lowest BCUT2D eigenvalue weighted by molar-refractivity contribution is -0.128. The number of allylic oxidation sites excluding steroid dienone is 1. The molecule has 0 bridgehead atoms. The van der Waals surface area contributed by atoms with Gasteiger partial charge < -0.3 is 9.64 Å². The topological polar surface area (TPSA) is 29.5 Å². The molecule has 0 unspecified atom stereocenters. The number of carbonyl (C=O) groups is 1. The van der Waals surface area contributed by atoms with Gasteiger partial charge in [-0.2, -0.15) is 0 Å². The van der Waals surface area contributed by atoms with Gasteiger partial charge in [-0.25, -0.2) is 0 Å². The zero-order valence-electron chi connectivity index (χ0n) is 18.4. The highest BCUT2D eigenvalue weighted by atomic mass is 127. The Kier molecular flexibility index (Phi) is 7.63. The van der Waals surface area contributed by atoms with E-state index in [1.807, 2.05) is 17.0 Å². The van der Waals surface area contributed by atoms with Gasteiger partial charge in [0.2, 0.25) is 5.91 Å². The molecule has 164 valence electrons. The molecule has 4 heteroatoms. The number of ether oxygens (including phenoxy) is 1. The van der Waals surface area contributed by atoms with E-state index in [4.69, 9.17) is 4.74 Å². The summed E-state index contributed by atoms with van der Waals surface area (Å²) in [6.07, 6.45) is 2.57. The highest BCUT2D eigenvalue weighted by Crippen LogP contribution is 2.35. The molecule has 3 nitrogen and oxygen atoms in total. The summed E-state index contributed by atoms with van der Waals surface area (Å²) in [6, 6.07) is 27.7. The summed E-state index contributed by atoms with van der Waals surface area (Å²) in [5, 5.41) is 0. The average Bonchev–Trinajstić information content (AvgIpc) is 3.24. The van der Waals surface area contributed by atoms with Crippen LogP contribution < -0.4 is 4.74 Å². The molecule has 1 saturated heterocycles. The molecule has 0 aromatic heterocycles. The monoisotopic (exact) mass is 537 g/mol. The Morgan fingerprint density at radius 2 is 1.56 bits per heavy atom. The molecule has 1 heterocycles. The summed E-state index contributed by atoms with van der Waals surface area (Å²) in [6.45, 7) is 4.24. The maximum absolute atomic E-state index is 11.8. The minimum atomic E-state index is 0.240. The maximum atomic E-state index is 11.8. The van der Waals surface area contributed by atoms with E-state index in [1.165, 1.54) is 31.4 Å². The van der Waals surface area contributed by atoms with Crippen LogP contribution in [0.2, 0.25) is 0 Å². The zero-order valence-corrected chi connectivity index (χ0v) is 20.5. The molecular formula is C28H28INO2. The number of halogens is 1. The first-order chi connectivity index (χ1) is 15.7. The number of hydrogen-bond acceptors (Lipinski definition) is 2. The second-order valence-electron chi connectivity index (χ2n) is 7.94. The first kappa shape index (κ1) is 22.6. The Bertz CT molecular complexity index is 1070. The molecule has 0 saturated carbocycles. The lowest BCUT2D eigenvalue weighted by atomic mass is 9.88. The van der Waals surface area contributed by atoms with Crippen LogP contribution in [-0.4, -0.2) is 30.5 Å². The second kappa shape index (κ2) is 10.8. The van der Waals surface area contributed by atoms with Gasteiger partial charge in [-0.05, 0) is 87.5 Å². The van der Waals surface area contributed by atoms with E-state index >= 15 is 0 Å². The standard InChI is InChI=1S/C28H28INO2/c1-2-26(21-7-4-3-5-8-21)28(22-10-14-24(29)15-11-22)23-12-16-25(17-13-23)32-20-19-30-18-6-9-27(30)31/h3-5,7-8,10-17H,2,6,9,18-20H2,1H3/b28-26+. The number of carbonyl (C=O) groups excluding carboxylic acids is 1. The third-order valence-corrected chi connectivity index (χ3v) is 6.57. The fourth-order valence-corrected chi connectivity index (χ4v) is 4.59. The van der Waals surface area contributed by atoms with E-state index in [1.54, 1.807) is 0 Å². The van der Waals surface area contributed by atoms with Gasteiger partial charge >= 0.3 is 0 Å². The molecule has 0 atom stereocenters. The Labute approximate surface area is 204 Å². The summed E-state index contributed by atoms with van der Waals surface area (Å²) in [5.41, 5.74) is 6.22. The van der Waals surface area contributed by atoms with Crippen molar-refractivity contribution in [3.8, 4) is 5.75 Å². The number of hydrogen-bond donors (Lipinski definition) is 0. The number of rotatable bonds is 8. The van der Waals surface area contributed by atoms with Crippen molar-refractivity contribution in [3.05, 3.63) is 99.1 Å². The van der Waals surface area contributed by atoms with Crippen molar-refractivity contribution in [2.75, 3.05) is 19.7 Å². The van der Waals surface area contributed by atoms with Crippen LogP contribution in [0.15, 0.2) is 78.9 Å². The Balaban J connectivity index is 1.60. The lowest BCUT2D eigenvalue weighted by Gasteiger charge is -2.18. The van der Waals surface area contributed by atoms with Crippen LogP contribution in [0.5, 0.6) is 5.75 Å². The van der Waals surface area contributed by atoms with E-state index in [9.17, 15) is 4.79 Å². The van der Waals surface area contributed by atoms with Crippen LogP contribution >= 0.6 is 22.6 Å². The quantitative estimate of drug-likeness (QED) is 0.238. The summed E-state index contributed by atoms with van der Waals surface area (Å²) >= 11 is 2.35. The summed E-state index contributed by atoms with van der Waals surface area (Å²) in [7, 11) is 0. The molecule has 32 heavy (non-hydrogen) atoms. The van der Waals surface area contributed by atoms with Crippen molar-refractivity contribution in [1.82, 2.24) is 4.90 Å². The first-order valence-corrected chi connectivity index (χ1v) is 12.3. The van der Waals surface area contributed by atoms with Gasteiger partial charge in [-0.3, -0.25) is 4.79 Å². The van der Waals surface area contributed by atoms with Gasteiger partial charge in [0.05, 0.1) is 6.54 Å². The van der Waals surface area contributed by atoms with E-state index in [0.717, 1.165) is 25.1 Å². The van der Waals surface area contributed by atoms with E-state index in [2.05, 4.69) is 96.2 Å². The predicted molar refractivity (Wildman–Crippen MR) is 140 cm³/mol. The van der Waals surface area contributed by atoms with Gasteiger partial charge in [-0.1, -0.05) is 61.5 Å². The van der Waals surface area contributed by atoms with Crippen molar-refractivity contribution in [3.63, 3.8) is 0 Å². The van der Waals surface area contributed by atoms with Gasteiger partial charge in [0.25, 0.3) is 0 Å². The highest BCUT2D eigenvalue weighted by Gasteiger charge is 2.19. The second-order valence-corrected chi connectivity index (χ2v) is 9.18. The lowest BCUT2D eigenvalue weighted by Crippen LogP contribution is -2.29. The number of amides is 1. The van der Waals surface area contributed by atoms with E-state index in [-0.39, 0.29) is 5.91 Å². The maximum Gasteiger partial charge on any atom is 0.222 e. The molecule has 1 amide bonds.